The number of fused-ring (bicyclic) bond motifs is 1. The van der Waals surface area contributed by atoms with Crippen LogP contribution in [0.4, 0.5) is 0 Å². The molecule has 1 heterocycles. The summed E-state index contributed by atoms with van der Waals surface area (Å²) in [6.45, 7) is 3.49. The molecule has 0 aliphatic rings. The molecule has 0 radical (unpaired) electrons. The van der Waals surface area contributed by atoms with Gasteiger partial charge in [-0.1, -0.05) is 17.7 Å². The second-order valence-corrected chi connectivity index (χ2v) is 6.53. The maximum atomic E-state index is 13.1. The first-order valence-electron chi connectivity index (χ1n) is 8.07. The van der Waals surface area contributed by atoms with E-state index in [0.29, 0.717) is 32.7 Å². The van der Waals surface area contributed by atoms with E-state index < -0.39 is 11.9 Å². The Labute approximate surface area is 155 Å². The Kier molecular flexibility index (Phi) is 4.74. The van der Waals surface area contributed by atoms with Crippen LogP contribution >= 0.6 is 11.6 Å². The summed E-state index contributed by atoms with van der Waals surface area (Å²) < 4.78 is 6.39. The maximum absolute atomic E-state index is 13.1. The molecule has 0 amide bonds. The molecule has 5 nitrogen and oxygen atoms in total. The molecule has 0 aliphatic heterocycles. The lowest BCUT2D eigenvalue weighted by molar-refractivity contribution is -0.141. The third kappa shape index (κ3) is 2.95. The minimum atomic E-state index is -0.585. The number of phenols is 1. The quantitative estimate of drug-likeness (QED) is 0.698. The highest BCUT2D eigenvalue weighted by atomic mass is 35.5. The number of hydrogen-bond donors (Lipinski definition) is 1. The molecule has 1 atom stereocenters. The zero-order chi connectivity index (χ0) is 19.0. The van der Waals surface area contributed by atoms with E-state index in [2.05, 4.69) is 0 Å². The van der Waals surface area contributed by atoms with Crippen LogP contribution in [0.15, 0.2) is 42.5 Å². The first kappa shape index (κ1) is 18.0. The van der Waals surface area contributed by atoms with Gasteiger partial charge < -0.3 is 9.84 Å². The number of esters is 1. The number of phenolic OH excluding ortho intramolecular Hbond substituents is 1. The lowest BCUT2D eigenvalue weighted by Gasteiger charge is -2.11. The molecule has 1 N–H and O–H groups in total. The van der Waals surface area contributed by atoms with Gasteiger partial charge in [0.15, 0.2) is 0 Å². The minimum absolute atomic E-state index is 0.0585. The van der Waals surface area contributed by atoms with Crippen molar-refractivity contribution < 1.29 is 19.4 Å². The fraction of sp³-hybridized carbons (Fsp3) is 0.200. The van der Waals surface area contributed by atoms with Crippen molar-refractivity contribution in [2.75, 3.05) is 7.11 Å². The molecule has 26 heavy (non-hydrogen) atoms. The lowest BCUT2D eigenvalue weighted by atomic mass is 9.98. The largest absolute Gasteiger partial charge is 0.508 e. The second-order valence-electron chi connectivity index (χ2n) is 6.10. The van der Waals surface area contributed by atoms with Crippen LogP contribution in [0.3, 0.4) is 0 Å². The van der Waals surface area contributed by atoms with Gasteiger partial charge in [0, 0.05) is 21.7 Å². The number of ether oxygens (including phenoxy) is 1. The van der Waals surface area contributed by atoms with Gasteiger partial charge in [0.05, 0.1) is 18.5 Å². The summed E-state index contributed by atoms with van der Waals surface area (Å²) in [4.78, 5) is 25.2. The Bertz CT molecular complexity index is 1020. The second kappa shape index (κ2) is 6.84. The predicted octanol–water partition coefficient (Wildman–Crippen LogP) is 4.27. The number of benzene rings is 2. The van der Waals surface area contributed by atoms with E-state index >= 15 is 0 Å². The molecule has 0 saturated heterocycles. The normalized spacial score (nSPS) is 12.2. The van der Waals surface area contributed by atoms with Gasteiger partial charge in [-0.2, -0.15) is 0 Å². The number of halogens is 1. The lowest BCUT2D eigenvalue weighted by Crippen LogP contribution is -2.16. The van der Waals surface area contributed by atoms with E-state index in [9.17, 15) is 14.7 Å². The molecule has 0 aliphatic carbocycles. The third-order valence-corrected chi connectivity index (χ3v) is 4.73. The van der Waals surface area contributed by atoms with Gasteiger partial charge >= 0.3 is 5.97 Å². The number of aromatic nitrogens is 1. The summed E-state index contributed by atoms with van der Waals surface area (Å²) in [5.74, 6) is -1.20. The Morgan fingerprint density at radius 2 is 1.92 bits per heavy atom. The Morgan fingerprint density at radius 3 is 2.58 bits per heavy atom. The van der Waals surface area contributed by atoms with Gasteiger partial charge in [-0.3, -0.25) is 14.2 Å². The zero-order valence-electron chi connectivity index (χ0n) is 14.6. The van der Waals surface area contributed by atoms with Crippen molar-refractivity contribution in [3.8, 4) is 5.75 Å². The summed E-state index contributed by atoms with van der Waals surface area (Å²) >= 11 is 6.02. The number of methoxy groups -OCH3 is 1. The van der Waals surface area contributed by atoms with Gasteiger partial charge in [0.2, 0.25) is 0 Å². The topological polar surface area (TPSA) is 68.5 Å². The fourth-order valence-electron chi connectivity index (χ4n) is 3.28. The summed E-state index contributed by atoms with van der Waals surface area (Å²) in [5, 5.41) is 11.0. The molecule has 0 fully saturated rings. The van der Waals surface area contributed by atoms with Crippen molar-refractivity contribution in [1.82, 2.24) is 4.57 Å². The first-order chi connectivity index (χ1) is 12.3. The van der Waals surface area contributed by atoms with Crippen LogP contribution in [0.1, 0.15) is 34.5 Å². The van der Waals surface area contributed by atoms with Crippen molar-refractivity contribution in [3.63, 3.8) is 0 Å². The molecule has 3 rings (SSSR count). The van der Waals surface area contributed by atoms with Crippen molar-refractivity contribution in [3.05, 3.63) is 64.3 Å². The summed E-state index contributed by atoms with van der Waals surface area (Å²) in [7, 11) is 1.32. The van der Waals surface area contributed by atoms with E-state index in [1.807, 2.05) is 0 Å². The highest BCUT2D eigenvalue weighted by Gasteiger charge is 2.27. The average molecular weight is 372 g/mol. The number of hydrogen-bond acceptors (Lipinski definition) is 4. The summed E-state index contributed by atoms with van der Waals surface area (Å²) in [6, 6.07) is 11.4. The molecule has 2 aromatic carbocycles. The highest BCUT2D eigenvalue weighted by molar-refractivity contribution is 6.31. The molecule has 3 aromatic rings. The van der Waals surface area contributed by atoms with Gasteiger partial charge in [-0.25, -0.2) is 0 Å². The van der Waals surface area contributed by atoms with E-state index in [-0.39, 0.29) is 11.7 Å². The molecular formula is C20H18ClNO4. The molecule has 134 valence electrons. The monoisotopic (exact) mass is 371 g/mol. The van der Waals surface area contributed by atoms with Crippen molar-refractivity contribution in [1.29, 1.82) is 0 Å². The van der Waals surface area contributed by atoms with Crippen molar-refractivity contribution >= 4 is 34.4 Å². The number of rotatable bonds is 3. The third-order valence-electron chi connectivity index (χ3n) is 4.50. The molecule has 0 bridgehead atoms. The molecule has 6 heteroatoms. The van der Waals surface area contributed by atoms with Crippen LogP contribution in [0.2, 0.25) is 5.02 Å². The Morgan fingerprint density at radius 1 is 1.19 bits per heavy atom. The number of aromatic hydroxyl groups is 1. The van der Waals surface area contributed by atoms with Gasteiger partial charge in [-0.15, -0.1) is 0 Å². The number of carbonyl (C=O) groups excluding carboxylic acids is 2. The average Bonchev–Trinajstić information content (AvgIpc) is 2.90. The Balaban J connectivity index is 2.28. The van der Waals surface area contributed by atoms with Crippen LogP contribution in [-0.2, 0) is 9.53 Å². The predicted molar refractivity (Wildman–Crippen MR) is 100.0 cm³/mol. The van der Waals surface area contributed by atoms with Crippen LogP contribution in [-0.4, -0.2) is 28.7 Å². The van der Waals surface area contributed by atoms with Gasteiger partial charge in [0.1, 0.15) is 5.75 Å². The van der Waals surface area contributed by atoms with E-state index in [4.69, 9.17) is 16.3 Å². The fourth-order valence-corrected chi connectivity index (χ4v) is 3.47. The van der Waals surface area contributed by atoms with Crippen LogP contribution < -0.4 is 0 Å². The van der Waals surface area contributed by atoms with Crippen LogP contribution in [0, 0.1) is 6.92 Å². The molecule has 0 spiro atoms. The van der Waals surface area contributed by atoms with E-state index in [1.54, 1.807) is 50.2 Å². The standard InChI is InChI=1S/C20H18ClNO4/c1-11(20(25)26-3)18-12(2)22(17-8-7-15(23)10-16(17)18)19(24)13-5-4-6-14(21)9-13/h4-11,23H,1-3H3. The molecular weight excluding hydrogens is 354 g/mol. The minimum Gasteiger partial charge on any atom is -0.508 e. The smallest absolute Gasteiger partial charge is 0.312 e. The number of nitrogens with zero attached hydrogens (tertiary/aromatic N) is 1. The highest BCUT2D eigenvalue weighted by Crippen LogP contribution is 2.35. The summed E-state index contributed by atoms with van der Waals surface area (Å²) in [5.41, 5.74) is 2.31. The zero-order valence-corrected chi connectivity index (χ0v) is 15.4. The molecule has 1 aromatic heterocycles. The Hall–Kier alpha value is -2.79. The van der Waals surface area contributed by atoms with Crippen LogP contribution in [0.25, 0.3) is 10.9 Å². The maximum Gasteiger partial charge on any atom is 0.312 e. The van der Waals surface area contributed by atoms with Gasteiger partial charge in [-0.05, 0) is 55.8 Å². The summed E-state index contributed by atoms with van der Waals surface area (Å²) in [6.07, 6.45) is 0. The van der Waals surface area contributed by atoms with Gasteiger partial charge in [0.25, 0.3) is 5.91 Å². The van der Waals surface area contributed by atoms with Crippen molar-refractivity contribution in [2.24, 2.45) is 0 Å². The molecule has 1 unspecified atom stereocenters. The molecule has 0 saturated carbocycles. The first-order valence-corrected chi connectivity index (χ1v) is 8.45. The van der Waals surface area contributed by atoms with Crippen molar-refractivity contribution in [2.45, 2.75) is 19.8 Å². The van der Waals surface area contributed by atoms with E-state index in [1.165, 1.54) is 17.7 Å². The van der Waals surface area contributed by atoms with Crippen LogP contribution in [0.5, 0.6) is 5.75 Å². The number of carbonyl (C=O) groups is 2. The van der Waals surface area contributed by atoms with E-state index in [0.717, 1.165) is 0 Å². The SMILES string of the molecule is COC(=O)C(C)c1c(C)n(C(=O)c2cccc(Cl)c2)c2ccc(O)cc12.